The molecule has 254 valence electrons. The number of aromatic nitrogens is 3. The molecule has 2 aromatic carbocycles. The molecule has 3 N–H and O–H groups in total. The monoisotopic (exact) mass is 659 g/mol. The minimum absolute atomic E-state index is 0.111. The van der Waals surface area contributed by atoms with E-state index < -0.39 is 0 Å². The summed E-state index contributed by atoms with van der Waals surface area (Å²) in [5, 5.41) is 11.6. The Morgan fingerprint density at radius 2 is 1.76 bits per heavy atom. The summed E-state index contributed by atoms with van der Waals surface area (Å²) in [7, 11) is 0. The number of benzene rings is 2. The molecule has 4 aromatic rings. The van der Waals surface area contributed by atoms with Crippen molar-refractivity contribution in [1.29, 1.82) is 0 Å². The van der Waals surface area contributed by atoms with E-state index in [1.165, 1.54) is 23.4 Å². The molecule has 49 heavy (non-hydrogen) atoms. The van der Waals surface area contributed by atoms with E-state index in [2.05, 4.69) is 56.4 Å². The Bertz CT molecular complexity index is 1930. The van der Waals surface area contributed by atoms with Gasteiger partial charge < -0.3 is 14.8 Å². The highest BCUT2D eigenvalue weighted by Gasteiger charge is 2.53. The van der Waals surface area contributed by atoms with Crippen molar-refractivity contribution in [3.63, 3.8) is 0 Å². The zero-order valence-electron chi connectivity index (χ0n) is 28.3. The molecule has 3 atom stereocenters. The maximum Gasteiger partial charge on any atom is 0.254 e. The smallest absolute Gasteiger partial charge is 0.254 e. The third-order valence-electron chi connectivity index (χ3n) is 12.3. The van der Waals surface area contributed by atoms with Gasteiger partial charge in [-0.05, 0) is 91.7 Å². The fourth-order valence-electron chi connectivity index (χ4n) is 9.05. The number of anilines is 1. The van der Waals surface area contributed by atoms with Crippen molar-refractivity contribution < 1.29 is 14.4 Å². The number of aromatic amines is 2. The third-order valence-corrected chi connectivity index (χ3v) is 12.3. The number of hydrogen-bond donors (Lipinski definition) is 3. The van der Waals surface area contributed by atoms with Gasteiger partial charge in [-0.3, -0.25) is 29.7 Å². The van der Waals surface area contributed by atoms with Gasteiger partial charge >= 0.3 is 0 Å². The molecule has 3 aliphatic heterocycles. The molecular formula is C39H45N7O3. The first kappa shape index (κ1) is 30.6. The minimum atomic E-state index is -0.239. The van der Waals surface area contributed by atoms with Crippen LogP contribution in [0.4, 0.5) is 5.69 Å². The molecule has 0 bridgehead atoms. The van der Waals surface area contributed by atoms with Gasteiger partial charge in [-0.2, -0.15) is 5.10 Å². The Labute approximate surface area is 286 Å². The lowest BCUT2D eigenvalue weighted by Crippen LogP contribution is -2.50. The number of imide groups is 1. The highest BCUT2D eigenvalue weighted by Crippen LogP contribution is 2.59. The molecule has 3 amide bonds. The number of piperazine rings is 1. The van der Waals surface area contributed by atoms with Crippen molar-refractivity contribution in [2.24, 2.45) is 17.3 Å². The average molecular weight is 660 g/mol. The largest absolute Gasteiger partial charge is 0.372 e. The number of rotatable bonds is 6. The highest BCUT2D eigenvalue weighted by molar-refractivity contribution is 6.01. The Kier molecular flexibility index (Phi) is 7.41. The van der Waals surface area contributed by atoms with Gasteiger partial charge in [0.25, 0.3) is 5.91 Å². The number of fused-ring (bicyclic) bond motifs is 3. The molecule has 2 aliphatic carbocycles. The molecule has 10 nitrogen and oxygen atoms in total. The van der Waals surface area contributed by atoms with Crippen LogP contribution in [0.25, 0.3) is 22.3 Å². The third kappa shape index (κ3) is 5.73. The second-order valence-electron chi connectivity index (χ2n) is 15.6. The lowest BCUT2D eigenvalue weighted by atomic mass is 9.87. The molecule has 5 aliphatic rings. The summed E-state index contributed by atoms with van der Waals surface area (Å²) in [5.41, 5.74) is 9.10. The van der Waals surface area contributed by atoms with Gasteiger partial charge in [0.15, 0.2) is 0 Å². The van der Waals surface area contributed by atoms with Gasteiger partial charge in [-0.15, -0.1) is 0 Å². The maximum absolute atomic E-state index is 13.6. The van der Waals surface area contributed by atoms with Crippen LogP contribution in [0.5, 0.6) is 0 Å². The van der Waals surface area contributed by atoms with E-state index >= 15 is 0 Å². The van der Waals surface area contributed by atoms with E-state index in [1.807, 2.05) is 29.2 Å². The summed E-state index contributed by atoms with van der Waals surface area (Å²) in [6, 6.07) is 16.6. The van der Waals surface area contributed by atoms with Crippen LogP contribution in [0.15, 0.2) is 48.5 Å². The van der Waals surface area contributed by atoms with E-state index in [-0.39, 0.29) is 23.6 Å². The second kappa shape index (κ2) is 11.9. The van der Waals surface area contributed by atoms with Crippen molar-refractivity contribution >= 4 is 34.3 Å². The number of carbonyl (C=O) groups excluding carboxylic acids is 3. The molecule has 0 unspecified atom stereocenters. The van der Waals surface area contributed by atoms with Gasteiger partial charge in [0.2, 0.25) is 11.8 Å². The molecular weight excluding hydrogens is 614 g/mol. The first-order chi connectivity index (χ1) is 23.8. The summed E-state index contributed by atoms with van der Waals surface area (Å²) in [4.78, 5) is 47.9. The number of H-pyrrole nitrogens is 2. The normalized spacial score (nSPS) is 26.1. The summed E-state index contributed by atoms with van der Waals surface area (Å²) in [5.74, 6) is 0.945. The Morgan fingerprint density at radius 3 is 2.53 bits per heavy atom. The van der Waals surface area contributed by atoms with Crippen molar-refractivity contribution in [2.45, 2.75) is 57.8 Å². The van der Waals surface area contributed by atoms with Crippen LogP contribution in [0.1, 0.15) is 72.1 Å². The standard InChI is InChI=1S/C39H45N7O3/c1-39-21-28(39)20-31-34(22-39)42-43-36(31)33-18-26-2-3-27(19-32(26)40-33)38(49)46-16-14-44(15-17-46)23-24-10-12-45(13-11-24)29-6-4-25(5-7-29)30-8-9-35(47)41-37(30)48/h2-7,18-19,24,28,30,40H,8-17,20-23H2,1H3,(H,42,43)(H,41,47,48)/t28-,30-,39-/m1/s1. The second-order valence-corrected chi connectivity index (χ2v) is 15.6. The van der Waals surface area contributed by atoms with Crippen molar-refractivity contribution in [2.75, 3.05) is 50.7 Å². The van der Waals surface area contributed by atoms with E-state index in [0.29, 0.717) is 24.2 Å². The fraction of sp³-hybridized carbons (Fsp3) is 0.487. The van der Waals surface area contributed by atoms with Crippen LogP contribution in [0, 0.1) is 17.3 Å². The van der Waals surface area contributed by atoms with Crippen LogP contribution < -0.4 is 10.2 Å². The van der Waals surface area contributed by atoms with Gasteiger partial charge in [-0.25, -0.2) is 0 Å². The predicted octanol–water partition coefficient (Wildman–Crippen LogP) is 4.88. The summed E-state index contributed by atoms with van der Waals surface area (Å²) < 4.78 is 0. The summed E-state index contributed by atoms with van der Waals surface area (Å²) in [6.45, 7) is 8.84. The van der Waals surface area contributed by atoms with E-state index in [9.17, 15) is 14.4 Å². The maximum atomic E-state index is 13.6. The summed E-state index contributed by atoms with van der Waals surface area (Å²) >= 11 is 0. The van der Waals surface area contributed by atoms with Crippen LogP contribution in [0.3, 0.4) is 0 Å². The number of nitrogens with zero attached hydrogens (tertiary/aromatic N) is 4. The Morgan fingerprint density at radius 1 is 0.959 bits per heavy atom. The SMILES string of the molecule is C[C@@]12Cc3[nH]nc(-c4cc5ccc(C(=O)N6CCN(CC7CCN(c8ccc([C@H]9CCC(=O)NC9=O)cc8)CC7)CC6)cc5[nH]4)c3C[C@@H]1C2. The molecule has 10 heteroatoms. The molecule has 4 fully saturated rings. The minimum Gasteiger partial charge on any atom is -0.372 e. The lowest BCUT2D eigenvalue weighted by Gasteiger charge is -2.39. The first-order valence-electron chi connectivity index (χ1n) is 18.2. The predicted molar refractivity (Wildman–Crippen MR) is 188 cm³/mol. The van der Waals surface area contributed by atoms with Gasteiger partial charge in [0.05, 0.1) is 11.6 Å². The van der Waals surface area contributed by atoms with Crippen molar-refractivity contribution in [3.8, 4) is 11.4 Å². The van der Waals surface area contributed by atoms with Crippen LogP contribution >= 0.6 is 0 Å². The van der Waals surface area contributed by atoms with Crippen molar-refractivity contribution in [3.05, 3.63) is 70.9 Å². The Balaban J connectivity index is 0.763. The molecule has 9 rings (SSSR count). The number of nitrogens with one attached hydrogen (secondary N) is 3. The number of hydrogen-bond acceptors (Lipinski definition) is 6. The topological polar surface area (TPSA) is 117 Å². The van der Waals surface area contributed by atoms with Gasteiger partial charge in [0.1, 0.15) is 5.69 Å². The number of carbonyl (C=O) groups is 3. The zero-order valence-corrected chi connectivity index (χ0v) is 28.3. The molecule has 0 radical (unpaired) electrons. The first-order valence-corrected chi connectivity index (χ1v) is 18.2. The van der Waals surface area contributed by atoms with E-state index in [4.69, 9.17) is 5.10 Å². The van der Waals surface area contributed by atoms with Crippen LogP contribution in [-0.2, 0) is 22.4 Å². The van der Waals surface area contributed by atoms with Crippen LogP contribution in [-0.4, -0.2) is 88.5 Å². The van der Waals surface area contributed by atoms with Gasteiger partial charge in [-0.1, -0.05) is 25.1 Å². The molecule has 2 aromatic heterocycles. The van der Waals surface area contributed by atoms with Gasteiger partial charge in [0, 0.05) is 85.6 Å². The zero-order chi connectivity index (χ0) is 33.3. The van der Waals surface area contributed by atoms with E-state index in [0.717, 1.165) is 111 Å². The van der Waals surface area contributed by atoms with Crippen molar-refractivity contribution in [1.82, 2.24) is 30.3 Å². The fourth-order valence-corrected chi connectivity index (χ4v) is 9.05. The molecule has 5 heterocycles. The Hall–Kier alpha value is -4.44. The average Bonchev–Trinajstić information content (AvgIpc) is 3.38. The highest BCUT2D eigenvalue weighted by atomic mass is 16.2. The molecule has 0 spiro atoms. The molecule has 1 saturated carbocycles. The number of piperidine rings is 2. The number of amides is 3. The quantitative estimate of drug-likeness (QED) is 0.254. The van der Waals surface area contributed by atoms with E-state index in [1.54, 1.807) is 0 Å². The van der Waals surface area contributed by atoms with Crippen LogP contribution in [0.2, 0.25) is 0 Å². The molecule has 3 saturated heterocycles. The summed E-state index contributed by atoms with van der Waals surface area (Å²) in [6.07, 6.45) is 6.78. The lowest BCUT2D eigenvalue weighted by molar-refractivity contribution is -0.134.